The lowest BCUT2D eigenvalue weighted by atomic mass is 9.98. The Balaban J connectivity index is 3.66. The fourth-order valence-electron chi connectivity index (χ4n) is 1.35. The van der Waals surface area contributed by atoms with Crippen LogP contribution >= 0.6 is 0 Å². The van der Waals surface area contributed by atoms with Crippen LogP contribution in [-0.4, -0.2) is 0 Å². The summed E-state index contributed by atoms with van der Waals surface area (Å²) < 4.78 is 0. The first-order chi connectivity index (χ1) is 5.70. The molecule has 69 valence electrons. The average molecular weight is 165 g/mol. The minimum absolute atomic E-state index is 0.739. The van der Waals surface area contributed by atoms with Gasteiger partial charge in [0.1, 0.15) is 0 Å². The van der Waals surface area contributed by atoms with Crippen molar-refractivity contribution >= 4 is 0 Å². The molecule has 0 heteroatoms. The zero-order valence-corrected chi connectivity index (χ0v) is 8.47. The summed E-state index contributed by atoms with van der Waals surface area (Å²) in [6, 6.07) is 0. The fourth-order valence-corrected chi connectivity index (χ4v) is 1.35. The summed E-state index contributed by atoms with van der Waals surface area (Å²) in [5.74, 6) is 0.739. The van der Waals surface area contributed by atoms with Gasteiger partial charge in [0.15, 0.2) is 0 Å². The molecule has 1 unspecified atom stereocenters. The molecule has 0 aromatic rings. The first-order valence-electron chi connectivity index (χ1n) is 4.76. The van der Waals surface area contributed by atoms with Crippen molar-refractivity contribution in [1.29, 1.82) is 0 Å². The van der Waals surface area contributed by atoms with E-state index in [1.54, 1.807) is 0 Å². The third-order valence-electron chi connectivity index (χ3n) is 1.94. The van der Waals surface area contributed by atoms with E-state index >= 15 is 0 Å². The molecule has 0 aromatic heterocycles. The Morgan fingerprint density at radius 1 is 1.50 bits per heavy atom. The van der Waals surface area contributed by atoms with Gasteiger partial charge in [-0.15, -0.1) is 6.58 Å². The molecule has 1 atom stereocenters. The van der Waals surface area contributed by atoms with E-state index in [1.165, 1.54) is 12.0 Å². The number of unbranched alkanes of at least 4 members (excludes halogenated alkanes) is 1. The van der Waals surface area contributed by atoms with E-state index in [0.717, 1.165) is 25.2 Å². The molecule has 0 saturated heterocycles. The molecule has 0 nitrogen and oxygen atoms in total. The summed E-state index contributed by atoms with van der Waals surface area (Å²) in [6.45, 7) is 12.0. The Labute approximate surface area is 77.4 Å². The molecule has 0 spiro atoms. The van der Waals surface area contributed by atoms with Gasteiger partial charge in [0, 0.05) is 0 Å². The van der Waals surface area contributed by atoms with Crippen molar-refractivity contribution in [1.82, 2.24) is 0 Å². The minimum atomic E-state index is 0.739. The van der Waals surface area contributed by atoms with Gasteiger partial charge in [-0.2, -0.15) is 0 Å². The second-order valence-corrected chi connectivity index (χ2v) is 3.53. The van der Waals surface area contributed by atoms with Crippen LogP contribution in [0.15, 0.2) is 24.3 Å². The monoisotopic (exact) mass is 165 g/mol. The number of rotatable bonds is 6. The van der Waals surface area contributed by atoms with Crippen LogP contribution in [0.25, 0.3) is 0 Å². The highest BCUT2D eigenvalue weighted by Crippen LogP contribution is 2.15. The standard InChI is InChI=1S/C12H21/c1-5-7-9-12(4)10-11(3)8-6-2/h6,9,11H,1-2,5,7-8,10H2,3-4H3. The SMILES string of the molecule is [CH2]CCC=C(C)CC(C)CC=C. The van der Waals surface area contributed by atoms with Crippen LogP contribution in [0.1, 0.15) is 39.5 Å². The summed E-state index contributed by atoms with van der Waals surface area (Å²) in [6.07, 6.45) is 8.74. The molecule has 0 aliphatic heterocycles. The predicted molar refractivity (Wildman–Crippen MR) is 56.9 cm³/mol. The smallest absolute Gasteiger partial charge is 0.0294 e. The molecule has 12 heavy (non-hydrogen) atoms. The van der Waals surface area contributed by atoms with Crippen LogP contribution in [0, 0.1) is 12.8 Å². The van der Waals surface area contributed by atoms with E-state index < -0.39 is 0 Å². The third-order valence-corrected chi connectivity index (χ3v) is 1.94. The van der Waals surface area contributed by atoms with Crippen molar-refractivity contribution in [2.45, 2.75) is 39.5 Å². The van der Waals surface area contributed by atoms with Crippen molar-refractivity contribution < 1.29 is 0 Å². The highest BCUT2D eigenvalue weighted by atomic mass is 14.0. The molecule has 0 aromatic carbocycles. The molecule has 0 aliphatic rings. The van der Waals surface area contributed by atoms with Crippen LogP contribution in [0.5, 0.6) is 0 Å². The second-order valence-electron chi connectivity index (χ2n) is 3.53. The zero-order chi connectivity index (χ0) is 9.40. The Morgan fingerprint density at radius 2 is 2.17 bits per heavy atom. The molecule has 0 amide bonds. The quantitative estimate of drug-likeness (QED) is 0.519. The highest BCUT2D eigenvalue weighted by molar-refractivity contribution is 4.99. The Hall–Kier alpha value is -0.520. The van der Waals surface area contributed by atoms with Gasteiger partial charge < -0.3 is 0 Å². The Bertz CT molecular complexity index is 142. The normalized spacial score (nSPS) is 14.4. The summed E-state index contributed by atoms with van der Waals surface area (Å²) in [4.78, 5) is 0. The molecule has 1 radical (unpaired) electrons. The molecule has 0 saturated carbocycles. The maximum absolute atomic E-state index is 3.81. The van der Waals surface area contributed by atoms with Gasteiger partial charge in [-0.25, -0.2) is 0 Å². The van der Waals surface area contributed by atoms with E-state index in [-0.39, 0.29) is 0 Å². The van der Waals surface area contributed by atoms with Crippen molar-refractivity contribution in [2.24, 2.45) is 5.92 Å². The largest absolute Gasteiger partial charge is 0.103 e. The van der Waals surface area contributed by atoms with Gasteiger partial charge in [0.25, 0.3) is 0 Å². The number of hydrogen-bond donors (Lipinski definition) is 0. The van der Waals surface area contributed by atoms with E-state index in [1.807, 2.05) is 6.08 Å². The summed E-state index contributed by atoms with van der Waals surface area (Å²) in [5, 5.41) is 0. The van der Waals surface area contributed by atoms with E-state index in [2.05, 4.69) is 33.4 Å². The lowest BCUT2D eigenvalue weighted by molar-refractivity contribution is 0.585. The van der Waals surface area contributed by atoms with Crippen molar-refractivity contribution in [2.75, 3.05) is 0 Å². The Morgan fingerprint density at radius 3 is 2.67 bits per heavy atom. The fraction of sp³-hybridized carbons (Fsp3) is 0.583. The van der Waals surface area contributed by atoms with Gasteiger partial charge in [0.2, 0.25) is 0 Å². The zero-order valence-electron chi connectivity index (χ0n) is 8.47. The van der Waals surface area contributed by atoms with Crippen LogP contribution in [0.3, 0.4) is 0 Å². The summed E-state index contributed by atoms with van der Waals surface area (Å²) >= 11 is 0. The molecule has 0 bridgehead atoms. The molecular formula is C12H21. The summed E-state index contributed by atoms with van der Waals surface area (Å²) in [5.41, 5.74) is 1.49. The lowest BCUT2D eigenvalue weighted by Crippen LogP contribution is -1.93. The molecule has 0 fully saturated rings. The van der Waals surface area contributed by atoms with Gasteiger partial charge in [0.05, 0.1) is 0 Å². The van der Waals surface area contributed by atoms with E-state index in [0.29, 0.717) is 0 Å². The first kappa shape index (κ1) is 11.5. The molecule has 0 aliphatic carbocycles. The maximum atomic E-state index is 3.81. The maximum Gasteiger partial charge on any atom is -0.0294 e. The van der Waals surface area contributed by atoms with Crippen molar-refractivity contribution in [3.63, 3.8) is 0 Å². The lowest BCUT2D eigenvalue weighted by Gasteiger charge is -2.08. The predicted octanol–water partition coefficient (Wildman–Crippen LogP) is 4.15. The number of allylic oxidation sites excluding steroid dienone is 3. The average Bonchev–Trinajstić information content (AvgIpc) is 2.01. The van der Waals surface area contributed by atoms with Gasteiger partial charge in [-0.3, -0.25) is 0 Å². The summed E-state index contributed by atoms with van der Waals surface area (Å²) in [7, 11) is 0. The van der Waals surface area contributed by atoms with E-state index in [4.69, 9.17) is 0 Å². The van der Waals surface area contributed by atoms with Crippen LogP contribution < -0.4 is 0 Å². The highest BCUT2D eigenvalue weighted by Gasteiger charge is 1.99. The molecule has 0 rings (SSSR count). The van der Waals surface area contributed by atoms with Crippen molar-refractivity contribution in [3.05, 3.63) is 31.2 Å². The molecular weight excluding hydrogens is 144 g/mol. The van der Waals surface area contributed by atoms with Gasteiger partial charge >= 0.3 is 0 Å². The number of hydrogen-bond acceptors (Lipinski definition) is 0. The van der Waals surface area contributed by atoms with Crippen LogP contribution in [0.2, 0.25) is 0 Å². The van der Waals surface area contributed by atoms with Gasteiger partial charge in [-0.1, -0.05) is 31.6 Å². The van der Waals surface area contributed by atoms with Gasteiger partial charge in [-0.05, 0) is 38.5 Å². The van der Waals surface area contributed by atoms with Crippen molar-refractivity contribution in [3.8, 4) is 0 Å². The minimum Gasteiger partial charge on any atom is -0.103 e. The second kappa shape index (κ2) is 7.15. The Kier molecular flexibility index (Phi) is 6.84. The van der Waals surface area contributed by atoms with Crippen LogP contribution in [-0.2, 0) is 0 Å². The third kappa shape index (κ3) is 6.21. The van der Waals surface area contributed by atoms with E-state index in [9.17, 15) is 0 Å². The molecule has 0 N–H and O–H groups in total. The van der Waals surface area contributed by atoms with Crippen LogP contribution in [0.4, 0.5) is 0 Å². The topological polar surface area (TPSA) is 0 Å². The first-order valence-corrected chi connectivity index (χ1v) is 4.76. The molecule has 0 heterocycles.